The van der Waals surface area contributed by atoms with Gasteiger partial charge in [0.1, 0.15) is 0 Å². The first kappa shape index (κ1) is 21.7. The molecule has 6 atom stereocenters. The first-order chi connectivity index (χ1) is 12.5. The summed E-state index contributed by atoms with van der Waals surface area (Å²) in [5.74, 6) is 1.84. The van der Waals surface area contributed by atoms with Crippen LogP contribution in [0.25, 0.3) is 0 Å². The average Bonchev–Trinajstić information content (AvgIpc) is 3.11. The summed E-state index contributed by atoms with van der Waals surface area (Å²) in [5, 5.41) is 20.8. The molecular weight excluding hydrogens is 322 g/mol. The second-order valence-corrected chi connectivity index (χ2v) is 8.77. The van der Waals surface area contributed by atoms with Crippen LogP contribution in [0.15, 0.2) is 23.8 Å². The molecule has 0 bridgehead atoms. The van der Waals surface area contributed by atoms with Gasteiger partial charge in [0.25, 0.3) is 0 Å². The molecule has 2 aliphatic carbocycles. The molecule has 4 N–H and O–H groups in total. The quantitative estimate of drug-likeness (QED) is 0.351. The van der Waals surface area contributed by atoms with Gasteiger partial charge in [-0.25, -0.2) is 0 Å². The van der Waals surface area contributed by atoms with Crippen LogP contribution in [0.1, 0.15) is 78.1 Å². The molecule has 0 aromatic heterocycles. The topological polar surface area (TPSA) is 66.5 Å². The third kappa shape index (κ3) is 6.51. The van der Waals surface area contributed by atoms with Crippen LogP contribution >= 0.6 is 0 Å². The number of aliphatic hydroxyl groups is 2. The highest BCUT2D eigenvalue weighted by atomic mass is 16.3. The van der Waals surface area contributed by atoms with Crippen LogP contribution < -0.4 is 5.73 Å². The Kier molecular flexibility index (Phi) is 9.38. The molecule has 0 aromatic rings. The summed E-state index contributed by atoms with van der Waals surface area (Å²) in [4.78, 5) is 0. The smallest absolute Gasteiger partial charge is 0.0723 e. The van der Waals surface area contributed by atoms with Gasteiger partial charge in [-0.2, -0.15) is 0 Å². The minimum Gasteiger partial charge on any atom is -0.392 e. The van der Waals surface area contributed by atoms with E-state index in [9.17, 15) is 10.2 Å². The number of rotatable bonds is 12. The first-order valence-corrected chi connectivity index (χ1v) is 11.0. The van der Waals surface area contributed by atoms with Crippen molar-refractivity contribution in [3.05, 3.63) is 23.8 Å². The van der Waals surface area contributed by atoms with E-state index in [1.165, 1.54) is 38.5 Å². The summed E-state index contributed by atoms with van der Waals surface area (Å²) in [6.45, 7) is 5.23. The molecule has 0 aliphatic heterocycles. The van der Waals surface area contributed by atoms with Gasteiger partial charge >= 0.3 is 0 Å². The minimum absolute atomic E-state index is 0.207. The van der Waals surface area contributed by atoms with Gasteiger partial charge in [0, 0.05) is 5.92 Å². The highest BCUT2D eigenvalue weighted by Crippen LogP contribution is 2.48. The van der Waals surface area contributed by atoms with Crippen LogP contribution in [-0.2, 0) is 0 Å². The first-order valence-electron chi connectivity index (χ1n) is 11.0. The molecule has 0 heterocycles. The lowest BCUT2D eigenvalue weighted by Crippen LogP contribution is -2.18. The zero-order chi connectivity index (χ0) is 18.9. The highest BCUT2D eigenvalue weighted by molar-refractivity contribution is 5.21. The Labute approximate surface area is 160 Å². The van der Waals surface area contributed by atoms with Gasteiger partial charge in [0.05, 0.1) is 12.2 Å². The van der Waals surface area contributed by atoms with Crippen LogP contribution in [0.3, 0.4) is 0 Å². The van der Waals surface area contributed by atoms with Gasteiger partial charge in [-0.3, -0.25) is 0 Å². The maximum atomic E-state index is 10.5. The zero-order valence-corrected chi connectivity index (χ0v) is 16.9. The van der Waals surface area contributed by atoms with Crippen molar-refractivity contribution in [1.29, 1.82) is 0 Å². The molecule has 2 aliphatic rings. The summed E-state index contributed by atoms with van der Waals surface area (Å²) in [6.07, 6.45) is 17.2. The van der Waals surface area contributed by atoms with E-state index in [2.05, 4.69) is 26.0 Å². The van der Waals surface area contributed by atoms with Crippen molar-refractivity contribution in [2.45, 2.75) is 90.3 Å². The molecule has 0 aromatic carbocycles. The van der Waals surface area contributed by atoms with Crippen LogP contribution in [0.4, 0.5) is 0 Å². The van der Waals surface area contributed by atoms with Crippen molar-refractivity contribution < 1.29 is 10.2 Å². The number of unbranched alkanes of at least 4 members (excludes halogenated alkanes) is 3. The molecule has 0 radical (unpaired) electrons. The van der Waals surface area contributed by atoms with E-state index in [4.69, 9.17) is 5.73 Å². The molecule has 0 unspecified atom stereocenters. The van der Waals surface area contributed by atoms with E-state index >= 15 is 0 Å². The largest absolute Gasteiger partial charge is 0.392 e. The van der Waals surface area contributed by atoms with E-state index in [0.717, 1.165) is 32.2 Å². The van der Waals surface area contributed by atoms with Crippen molar-refractivity contribution >= 4 is 0 Å². The molecule has 3 nitrogen and oxygen atoms in total. The summed E-state index contributed by atoms with van der Waals surface area (Å²) >= 11 is 0. The number of hydrogen-bond donors (Lipinski definition) is 3. The standard InChI is InChI=1S/C23H41NO2/c1-3-4-8-17(2)13-20(25)10-11-21-22-15-18(9-6-5-7-12-24)14-19(22)16-23(21)26/h10-11,14,17,19-23,25-26H,3-9,12-13,15-16,24H2,1-2H3/t17-,19-,20+,21+,22-,23+/m0/s1. The van der Waals surface area contributed by atoms with Gasteiger partial charge < -0.3 is 15.9 Å². The molecule has 1 saturated carbocycles. The molecule has 0 spiro atoms. The lowest BCUT2D eigenvalue weighted by molar-refractivity contribution is 0.139. The molecule has 0 amide bonds. The van der Waals surface area contributed by atoms with E-state index in [1.807, 2.05) is 6.08 Å². The summed E-state index contributed by atoms with van der Waals surface area (Å²) in [7, 11) is 0. The third-order valence-corrected chi connectivity index (χ3v) is 6.40. The van der Waals surface area contributed by atoms with E-state index in [0.29, 0.717) is 17.8 Å². The average molecular weight is 364 g/mol. The third-order valence-electron chi connectivity index (χ3n) is 6.40. The molecule has 150 valence electrons. The van der Waals surface area contributed by atoms with Crippen molar-refractivity contribution in [2.24, 2.45) is 29.4 Å². The van der Waals surface area contributed by atoms with E-state index in [-0.39, 0.29) is 18.1 Å². The number of hydrogen-bond acceptors (Lipinski definition) is 3. The van der Waals surface area contributed by atoms with Crippen molar-refractivity contribution in [2.75, 3.05) is 6.54 Å². The van der Waals surface area contributed by atoms with Gasteiger partial charge in [-0.15, -0.1) is 0 Å². The monoisotopic (exact) mass is 363 g/mol. The lowest BCUT2D eigenvalue weighted by atomic mass is 9.88. The van der Waals surface area contributed by atoms with Crippen molar-refractivity contribution in [3.8, 4) is 0 Å². The summed E-state index contributed by atoms with van der Waals surface area (Å²) in [6, 6.07) is 0. The number of fused-ring (bicyclic) bond motifs is 1. The fourth-order valence-electron chi connectivity index (χ4n) is 4.88. The Morgan fingerprint density at radius 3 is 2.81 bits per heavy atom. The Balaban J connectivity index is 1.79. The number of nitrogens with two attached hydrogens (primary N) is 1. The highest BCUT2D eigenvalue weighted by Gasteiger charge is 2.43. The Morgan fingerprint density at radius 2 is 2.08 bits per heavy atom. The Morgan fingerprint density at radius 1 is 1.27 bits per heavy atom. The summed E-state index contributed by atoms with van der Waals surface area (Å²) in [5.41, 5.74) is 7.15. The van der Waals surface area contributed by atoms with Crippen LogP contribution in [0.5, 0.6) is 0 Å². The molecule has 2 rings (SSSR count). The predicted molar refractivity (Wildman–Crippen MR) is 110 cm³/mol. The number of aliphatic hydroxyl groups excluding tert-OH is 2. The summed E-state index contributed by atoms with van der Waals surface area (Å²) < 4.78 is 0. The maximum absolute atomic E-state index is 10.5. The molecule has 0 saturated heterocycles. The lowest BCUT2D eigenvalue weighted by Gasteiger charge is -2.19. The molecule has 26 heavy (non-hydrogen) atoms. The molecular formula is C23H41NO2. The van der Waals surface area contributed by atoms with Gasteiger partial charge in [-0.05, 0) is 62.8 Å². The number of allylic oxidation sites excluding steroid dienone is 2. The second-order valence-electron chi connectivity index (χ2n) is 8.77. The Hall–Kier alpha value is -0.640. The van der Waals surface area contributed by atoms with Gasteiger partial charge in [-0.1, -0.05) is 63.3 Å². The second kappa shape index (κ2) is 11.3. The van der Waals surface area contributed by atoms with Crippen LogP contribution in [0.2, 0.25) is 0 Å². The fraction of sp³-hybridized carbons (Fsp3) is 0.826. The molecule has 3 heteroatoms. The van der Waals surface area contributed by atoms with Crippen molar-refractivity contribution in [3.63, 3.8) is 0 Å². The molecule has 1 fully saturated rings. The Bertz CT molecular complexity index is 459. The van der Waals surface area contributed by atoms with Crippen molar-refractivity contribution in [1.82, 2.24) is 0 Å². The van der Waals surface area contributed by atoms with Crippen LogP contribution in [0, 0.1) is 23.7 Å². The minimum atomic E-state index is -0.377. The normalized spacial score (nSPS) is 30.6. The van der Waals surface area contributed by atoms with Crippen LogP contribution in [-0.4, -0.2) is 29.0 Å². The fourth-order valence-corrected chi connectivity index (χ4v) is 4.88. The van der Waals surface area contributed by atoms with E-state index < -0.39 is 0 Å². The SMILES string of the molecule is CCCC[C@H](C)C[C@H](O)C=C[C@@H]1[C@H]2CC(CCCCCN)=C[C@H]2C[C@H]1O. The zero-order valence-electron chi connectivity index (χ0n) is 16.9. The predicted octanol–water partition coefficient (Wildman–Crippen LogP) is 4.58. The van der Waals surface area contributed by atoms with E-state index in [1.54, 1.807) is 5.57 Å². The maximum Gasteiger partial charge on any atom is 0.0723 e. The van der Waals surface area contributed by atoms with Gasteiger partial charge in [0.15, 0.2) is 0 Å². The van der Waals surface area contributed by atoms with Gasteiger partial charge in [0.2, 0.25) is 0 Å².